The van der Waals surface area contributed by atoms with E-state index in [1.807, 2.05) is 0 Å². The van der Waals surface area contributed by atoms with Gasteiger partial charge in [0.15, 0.2) is 0 Å². The third-order valence-electron chi connectivity index (χ3n) is 3.35. The number of nitrogens with zero attached hydrogens (tertiary/aromatic N) is 1. The van der Waals surface area contributed by atoms with E-state index in [1.165, 1.54) is 17.5 Å². The molecule has 0 bridgehead atoms. The van der Waals surface area contributed by atoms with Crippen LogP contribution in [0.25, 0.3) is 0 Å². The Hall–Kier alpha value is -1.08. The second-order valence-electron chi connectivity index (χ2n) is 4.82. The number of carbonyl (C=O) groups is 2. The quantitative estimate of drug-likeness (QED) is 0.871. The number of hydrogen-bond donors (Lipinski definition) is 2. The molecule has 5 nitrogen and oxygen atoms in total. The van der Waals surface area contributed by atoms with E-state index in [9.17, 15) is 14.7 Å². The molecule has 0 radical (unpaired) electrons. The molecule has 1 aliphatic rings. The van der Waals surface area contributed by atoms with Gasteiger partial charge in [0.1, 0.15) is 10.4 Å². The normalized spacial score (nSPS) is 17.6. The summed E-state index contributed by atoms with van der Waals surface area (Å²) in [6.07, 6.45) is 4.31. The van der Waals surface area contributed by atoms with Crippen molar-refractivity contribution in [3.05, 3.63) is 16.1 Å². The van der Waals surface area contributed by atoms with Crippen LogP contribution < -0.4 is 5.32 Å². The molecule has 1 aliphatic heterocycles. The Morgan fingerprint density at radius 3 is 2.75 bits per heavy atom. The summed E-state index contributed by atoms with van der Waals surface area (Å²) in [4.78, 5) is 28.4. The van der Waals surface area contributed by atoms with Crippen molar-refractivity contribution in [2.75, 3.05) is 11.5 Å². The Labute approximate surface area is 126 Å². The number of thioether (sulfide) groups is 1. The number of aryl methyl sites for hydroxylation is 1. The number of carboxylic acids is 1. The molecule has 0 unspecified atom stereocenters. The molecule has 1 amide bonds. The van der Waals surface area contributed by atoms with Crippen molar-refractivity contribution in [1.29, 1.82) is 0 Å². The maximum atomic E-state index is 12.2. The van der Waals surface area contributed by atoms with Crippen molar-refractivity contribution >= 4 is 35.0 Å². The molecule has 20 heavy (non-hydrogen) atoms. The van der Waals surface area contributed by atoms with Crippen LogP contribution in [0.4, 0.5) is 0 Å². The smallest absolute Gasteiger partial charge is 0.329 e. The number of thiazole rings is 1. The van der Waals surface area contributed by atoms with E-state index < -0.39 is 11.5 Å². The maximum Gasteiger partial charge on any atom is 0.329 e. The van der Waals surface area contributed by atoms with Gasteiger partial charge in [0, 0.05) is 0 Å². The summed E-state index contributed by atoms with van der Waals surface area (Å²) in [5, 5.41) is 13.1. The lowest BCUT2D eigenvalue weighted by Crippen LogP contribution is -2.56. The zero-order chi connectivity index (χ0) is 14.6. The average molecular weight is 314 g/mol. The molecular formula is C13H18N2O3S2. The van der Waals surface area contributed by atoms with Crippen LogP contribution in [0.15, 0.2) is 6.20 Å². The van der Waals surface area contributed by atoms with Crippen LogP contribution in [0.1, 0.15) is 40.9 Å². The second kappa shape index (κ2) is 6.58. The molecule has 110 valence electrons. The standard InChI is InChI=1S/C13H18N2O3S2/c1-2-3-10-14-8-9(20-10)11(16)15-13(12(17)18)4-6-19-7-5-13/h8H,2-7H2,1H3,(H,15,16)(H,17,18). The number of nitrogens with one attached hydrogen (secondary N) is 1. The van der Waals surface area contributed by atoms with Gasteiger partial charge in [-0.3, -0.25) is 4.79 Å². The molecule has 0 aliphatic carbocycles. The second-order valence-corrected chi connectivity index (χ2v) is 7.16. The lowest BCUT2D eigenvalue weighted by molar-refractivity contribution is -0.144. The molecule has 0 spiro atoms. The van der Waals surface area contributed by atoms with Gasteiger partial charge in [-0.1, -0.05) is 6.92 Å². The van der Waals surface area contributed by atoms with Gasteiger partial charge in [0.05, 0.1) is 11.2 Å². The topological polar surface area (TPSA) is 79.3 Å². The first kappa shape index (κ1) is 15.3. The van der Waals surface area contributed by atoms with Gasteiger partial charge in [-0.2, -0.15) is 11.8 Å². The number of aromatic nitrogens is 1. The lowest BCUT2D eigenvalue weighted by Gasteiger charge is -2.33. The summed E-state index contributed by atoms with van der Waals surface area (Å²) >= 11 is 3.07. The molecule has 7 heteroatoms. The fourth-order valence-corrected chi connectivity index (χ4v) is 4.24. The van der Waals surface area contributed by atoms with Gasteiger partial charge in [0.25, 0.3) is 5.91 Å². The molecule has 1 fully saturated rings. The first-order valence-electron chi connectivity index (χ1n) is 6.66. The van der Waals surface area contributed by atoms with Crippen LogP contribution in [0.5, 0.6) is 0 Å². The summed E-state index contributed by atoms with van der Waals surface area (Å²) in [5.41, 5.74) is -1.11. The molecule has 0 saturated carbocycles. The van der Waals surface area contributed by atoms with Gasteiger partial charge in [-0.25, -0.2) is 9.78 Å². The molecule has 2 N–H and O–H groups in total. The monoisotopic (exact) mass is 314 g/mol. The molecule has 2 heterocycles. The minimum absolute atomic E-state index is 0.320. The number of hydrogen-bond acceptors (Lipinski definition) is 5. The fraction of sp³-hybridized carbons (Fsp3) is 0.615. The van der Waals surface area contributed by atoms with Gasteiger partial charge in [-0.15, -0.1) is 11.3 Å². The molecule has 2 rings (SSSR count). The fourth-order valence-electron chi connectivity index (χ4n) is 2.14. The Kier molecular flexibility index (Phi) is 5.04. The van der Waals surface area contributed by atoms with E-state index in [0.29, 0.717) is 17.7 Å². The summed E-state index contributed by atoms with van der Waals surface area (Å²) in [7, 11) is 0. The maximum absolute atomic E-state index is 12.2. The van der Waals surface area contributed by atoms with Crippen molar-refractivity contribution in [1.82, 2.24) is 10.3 Å². The summed E-state index contributed by atoms with van der Waals surface area (Å²) < 4.78 is 0. The highest BCUT2D eigenvalue weighted by molar-refractivity contribution is 7.99. The summed E-state index contributed by atoms with van der Waals surface area (Å²) in [5.74, 6) is 0.260. The van der Waals surface area contributed by atoms with Crippen LogP contribution in [0.2, 0.25) is 0 Å². The van der Waals surface area contributed by atoms with E-state index >= 15 is 0 Å². The van der Waals surface area contributed by atoms with Crippen LogP contribution in [0, 0.1) is 0 Å². The predicted octanol–water partition coefficient (Wildman–Crippen LogP) is 2.18. The average Bonchev–Trinajstić information content (AvgIpc) is 2.89. The highest BCUT2D eigenvalue weighted by Crippen LogP contribution is 2.28. The third kappa shape index (κ3) is 3.32. The van der Waals surface area contributed by atoms with Gasteiger partial charge in [-0.05, 0) is 37.2 Å². The number of aliphatic carboxylic acids is 1. The van der Waals surface area contributed by atoms with Crippen LogP contribution in [-0.2, 0) is 11.2 Å². The van der Waals surface area contributed by atoms with Crippen LogP contribution in [-0.4, -0.2) is 39.0 Å². The highest BCUT2D eigenvalue weighted by atomic mass is 32.2. The van der Waals surface area contributed by atoms with Crippen molar-refractivity contribution in [2.24, 2.45) is 0 Å². The Balaban J connectivity index is 2.09. The van der Waals surface area contributed by atoms with E-state index in [0.717, 1.165) is 29.4 Å². The minimum Gasteiger partial charge on any atom is -0.480 e. The van der Waals surface area contributed by atoms with Crippen molar-refractivity contribution in [3.8, 4) is 0 Å². The zero-order valence-corrected chi connectivity index (χ0v) is 13.0. The molecular weight excluding hydrogens is 296 g/mol. The molecule has 1 saturated heterocycles. The molecule has 0 aromatic carbocycles. The predicted molar refractivity (Wildman–Crippen MR) is 80.5 cm³/mol. The highest BCUT2D eigenvalue weighted by Gasteiger charge is 2.41. The first-order chi connectivity index (χ1) is 9.57. The Bertz CT molecular complexity index is 496. The lowest BCUT2D eigenvalue weighted by atomic mass is 9.92. The SMILES string of the molecule is CCCc1ncc(C(=O)NC2(C(=O)O)CCSCC2)s1. The third-order valence-corrected chi connectivity index (χ3v) is 5.39. The van der Waals surface area contributed by atoms with E-state index in [2.05, 4.69) is 17.2 Å². The first-order valence-corrected chi connectivity index (χ1v) is 8.63. The van der Waals surface area contributed by atoms with Crippen molar-refractivity contribution in [3.63, 3.8) is 0 Å². The molecule has 1 aromatic rings. The van der Waals surface area contributed by atoms with E-state index in [-0.39, 0.29) is 5.91 Å². The zero-order valence-electron chi connectivity index (χ0n) is 11.3. The van der Waals surface area contributed by atoms with E-state index in [4.69, 9.17) is 0 Å². The van der Waals surface area contributed by atoms with Crippen molar-refractivity contribution in [2.45, 2.75) is 38.1 Å². The van der Waals surface area contributed by atoms with Crippen LogP contribution >= 0.6 is 23.1 Å². The summed E-state index contributed by atoms with van der Waals surface area (Å²) in [6.45, 7) is 2.06. The Morgan fingerprint density at radius 1 is 1.45 bits per heavy atom. The van der Waals surface area contributed by atoms with E-state index in [1.54, 1.807) is 11.8 Å². The largest absolute Gasteiger partial charge is 0.480 e. The Morgan fingerprint density at radius 2 is 2.15 bits per heavy atom. The molecule has 1 aromatic heterocycles. The number of carbonyl (C=O) groups excluding carboxylic acids is 1. The number of carboxylic acid groups (broad SMARTS) is 1. The number of rotatable bonds is 5. The summed E-state index contributed by atoms with van der Waals surface area (Å²) in [6, 6.07) is 0. The van der Waals surface area contributed by atoms with Crippen molar-refractivity contribution < 1.29 is 14.7 Å². The van der Waals surface area contributed by atoms with Gasteiger partial charge in [0.2, 0.25) is 0 Å². The van der Waals surface area contributed by atoms with Crippen LogP contribution in [0.3, 0.4) is 0 Å². The minimum atomic E-state index is -1.11. The molecule has 0 atom stereocenters. The van der Waals surface area contributed by atoms with Gasteiger partial charge < -0.3 is 10.4 Å². The van der Waals surface area contributed by atoms with Gasteiger partial charge >= 0.3 is 5.97 Å². The number of amides is 1.